The fraction of sp³-hybridized carbons (Fsp3) is 0.278. The van der Waals surface area contributed by atoms with Crippen LogP contribution in [0.4, 0.5) is 5.00 Å². The Bertz CT molecular complexity index is 925. The Morgan fingerprint density at radius 3 is 2.67 bits per heavy atom. The van der Waals surface area contributed by atoms with Crippen molar-refractivity contribution in [3.63, 3.8) is 0 Å². The molecule has 0 saturated carbocycles. The van der Waals surface area contributed by atoms with Crippen LogP contribution >= 0.6 is 34.5 Å². The van der Waals surface area contributed by atoms with Crippen LogP contribution in [0.25, 0.3) is 0 Å². The van der Waals surface area contributed by atoms with Crippen molar-refractivity contribution in [3.8, 4) is 0 Å². The van der Waals surface area contributed by atoms with Crippen LogP contribution in [-0.4, -0.2) is 31.6 Å². The van der Waals surface area contributed by atoms with Crippen molar-refractivity contribution < 1.29 is 23.9 Å². The van der Waals surface area contributed by atoms with Crippen LogP contribution in [0, 0.1) is 0 Å². The zero-order chi connectivity index (χ0) is 19.6. The van der Waals surface area contributed by atoms with E-state index in [-0.39, 0.29) is 10.6 Å². The lowest BCUT2D eigenvalue weighted by Gasteiger charge is -2.08. The van der Waals surface area contributed by atoms with Crippen molar-refractivity contribution in [1.82, 2.24) is 0 Å². The molecule has 0 unspecified atom stereocenters. The summed E-state index contributed by atoms with van der Waals surface area (Å²) in [6.45, 7) is -0.513. The summed E-state index contributed by atoms with van der Waals surface area (Å²) in [5.41, 5.74) is 1.42. The van der Waals surface area contributed by atoms with Crippen molar-refractivity contribution in [2.24, 2.45) is 0 Å². The summed E-state index contributed by atoms with van der Waals surface area (Å²) < 4.78 is 9.82. The van der Waals surface area contributed by atoms with E-state index in [9.17, 15) is 14.4 Å². The van der Waals surface area contributed by atoms with Gasteiger partial charge in [0, 0.05) is 9.90 Å². The second-order valence-electron chi connectivity index (χ2n) is 5.80. The molecular weight excluding hydrogens is 413 g/mol. The second-order valence-corrected chi connectivity index (χ2v) is 7.75. The molecule has 1 aliphatic carbocycles. The molecule has 142 valence electrons. The van der Waals surface area contributed by atoms with Crippen LogP contribution in [0.3, 0.4) is 0 Å². The van der Waals surface area contributed by atoms with E-state index in [1.54, 1.807) is 0 Å². The van der Waals surface area contributed by atoms with Crippen LogP contribution in [0.1, 0.15) is 37.6 Å². The van der Waals surface area contributed by atoms with Gasteiger partial charge >= 0.3 is 11.9 Å². The van der Waals surface area contributed by atoms with Crippen molar-refractivity contribution in [2.45, 2.75) is 19.3 Å². The fourth-order valence-corrected chi connectivity index (χ4v) is 4.62. The predicted octanol–water partition coefficient (Wildman–Crippen LogP) is 4.13. The molecule has 0 spiro atoms. The highest BCUT2D eigenvalue weighted by molar-refractivity contribution is 7.17. The summed E-state index contributed by atoms with van der Waals surface area (Å²) in [7, 11) is 1.30. The van der Waals surface area contributed by atoms with Gasteiger partial charge in [0.15, 0.2) is 6.61 Å². The number of anilines is 1. The largest absolute Gasteiger partial charge is 0.465 e. The molecular formula is C18H15Cl2NO5S. The summed E-state index contributed by atoms with van der Waals surface area (Å²) in [6.07, 6.45) is 2.61. The Morgan fingerprint density at radius 1 is 1.19 bits per heavy atom. The van der Waals surface area contributed by atoms with Crippen molar-refractivity contribution in [3.05, 3.63) is 49.8 Å². The number of hydrogen-bond acceptors (Lipinski definition) is 6. The monoisotopic (exact) mass is 427 g/mol. The molecule has 0 radical (unpaired) electrons. The molecule has 1 heterocycles. The van der Waals surface area contributed by atoms with Gasteiger partial charge in [0.05, 0.1) is 23.3 Å². The lowest BCUT2D eigenvalue weighted by atomic mass is 10.1. The predicted molar refractivity (Wildman–Crippen MR) is 103 cm³/mol. The highest BCUT2D eigenvalue weighted by Gasteiger charge is 2.28. The van der Waals surface area contributed by atoms with E-state index in [4.69, 9.17) is 32.7 Å². The summed E-state index contributed by atoms with van der Waals surface area (Å²) >= 11 is 13.1. The molecule has 1 amide bonds. The number of benzene rings is 1. The number of thiophene rings is 1. The number of carbonyl (C=O) groups excluding carboxylic acids is 3. The van der Waals surface area contributed by atoms with Gasteiger partial charge in [-0.3, -0.25) is 4.79 Å². The number of aryl methyl sites for hydroxylation is 1. The first-order chi connectivity index (χ1) is 12.9. The number of esters is 2. The first-order valence-corrected chi connectivity index (χ1v) is 9.62. The van der Waals surface area contributed by atoms with Gasteiger partial charge in [-0.2, -0.15) is 0 Å². The average molecular weight is 428 g/mol. The first kappa shape index (κ1) is 19.7. The molecule has 1 aliphatic rings. The summed E-state index contributed by atoms with van der Waals surface area (Å²) in [5, 5.41) is 3.57. The highest BCUT2D eigenvalue weighted by atomic mass is 35.5. The molecule has 27 heavy (non-hydrogen) atoms. The van der Waals surface area contributed by atoms with Gasteiger partial charge < -0.3 is 14.8 Å². The molecule has 0 atom stereocenters. The van der Waals surface area contributed by atoms with Crippen LogP contribution in [0.15, 0.2) is 18.2 Å². The maximum absolute atomic E-state index is 12.2. The number of amides is 1. The number of fused-ring (bicyclic) bond motifs is 1. The van der Waals surface area contributed by atoms with Crippen LogP contribution in [0.2, 0.25) is 10.0 Å². The molecule has 0 saturated heterocycles. The normalized spacial score (nSPS) is 12.4. The quantitative estimate of drug-likeness (QED) is 0.725. The third-order valence-electron chi connectivity index (χ3n) is 4.05. The highest BCUT2D eigenvalue weighted by Crippen LogP contribution is 2.39. The SMILES string of the molecule is COC(=O)c1c(NC(=O)COC(=O)c2ccc(Cl)cc2Cl)sc2c1CCC2. The maximum atomic E-state index is 12.2. The lowest BCUT2D eigenvalue weighted by Crippen LogP contribution is -2.22. The number of nitrogens with one attached hydrogen (secondary N) is 1. The van der Waals surface area contributed by atoms with Crippen molar-refractivity contribution >= 4 is 57.4 Å². The Labute approximate surface area is 169 Å². The topological polar surface area (TPSA) is 81.7 Å². The van der Waals surface area contributed by atoms with Crippen molar-refractivity contribution in [2.75, 3.05) is 19.0 Å². The second kappa shape index (κ2) is 8.29. The van der Waals surface area contributed by atoms with E-state index >= 15 is 0 Å². The Kier molecular flexibility index (Phi) is 6.04. The van der Waals surface area contributed by atoms with E-state index in [1.807, 2.05) is 0 Å². The smallest absolute Gasteiger partial charge is 0.341 e. The minimum Gasteiger partial charge on any atom is -0.465 e. The average Bonchev–Trinajstić information content (AvgIpc) is 3.19. The molecule has 1 aromatic carbocycles. The van der Waals surface area contributed by atoms with E-state index < -0.39 is 24.5 Å². The molecule has 3 rings (SSSR count). The summed E-state index contributed by atoms with van der Waals surface area (Å²) in [4.78, 5) is 37.4. The fourth-order valence-electron chi connectivity index (χ4n) is 2.84. The maximum Gasteiger partial charge on any atom is 0.341 e. The van der Waals surface area contributed by atoms with E-state index in [0.29, 0.717) is 15.6 Å². The zero-order valence-electron chi connectivity index (χ0n) is 14.3. The molecule has 1 aromatic heterocycles. The zero-order valence-corrected chi connectivity index (χ0v) is 16.6. The number of halogens is 2. The summed E-state index contributed by atoms with van der Waals surface area (Å²) in [6, 6.07) is 4.33. The van der Waals surface area contributed by atoms with Crippen LogP contribution < -0.4 is 5.32 Å². The van der Waals surface area contributed by atoms with E-state index in [2.05, 4.69) is 5.32 Å². The Hall–Kier alpha value is -2.09. The Balaban J connectivity index is 1.66. The minimum absolute atomic E-state index is 0.110. The van der Waals surface area contributed by atoms with E-state index in [0.717, 1.165) is 29.7 Å². The van der Waals surface area contributed by atoms with Gasteiger partial charge in [0.1, 0.15) is 5.00 Å². The molecule has 1 N–H and O–H groups in total. The molecule has 2 aromatic rings. The first-order valence-electron chi connectivity index (χ1n) is 8.05. The van der Waals surface area contributed by atoms with Gasteiger partial charge in [-0.05, 0) is 43.0 Å². The Morgan fingerprint density at radius 2 is 1.96 bits per heavy atom. The van der Waals surface area contributed by atoms with Gasteiger partial charge in [0.2, 0.25) is 0 Å². The number of carbonyl (C=O) groups is 3. The van der Waals surface area contributed by atoms with Gasteiger partial charge in [-0.1, -0.05) is 23.2 Å². The molecule has 6 nitrogen and oxygen atoms in total. The van der Waals surface area contributed by atoms with Gasteiger partial charge in [0.25, 0.3) is 5.91 Å². The molecule has 9 heteroatoms. The third-order valence-corrected chi connectivity index (χ3v) is 5.80. The number of rotatable bonds is 5. The third kappa shape index (κ3) is 4.26. The summed E-state index contributed by atoms with van der Waals surface area (Å²) in [5.74, 6) is -1.79. The molecule has 0 bridgehead atoms. The van der Waals surface area contributed by atoms with E-state index in [1.165, 1.54) is 36.6 Å². The number of hydrogen-bond donors (Lipinski definition) is 1. The lowest BCUT2D eigenvalue weighted by molar-refractivity contribution is -0.119. The van der Waals surface area contributed by atoms with Crippen LogP contribution in [-0.2, 0) is 27.1 Å². The van der Waals surface area contributed by atoms with Crippen molar-refractivity contribution in [1.29, 1.82) is 0 Å². The molecule has 0 fully saturated rings. The standard InChI is InChI=1S/C18H15Cl2NO5S/c1-25-18(24)15-11-3-2-4-13(11)27-16(15)21-14(22)8-26-17(23)10-6-5-9(19)7-12(10)20/h5-7H,2-4,8H2,1H3,(H,21,22). The minimum atomic E-state index is -0.742. The van der Waals surface area contributed by atoms with Gasteiger partial charge in [-0.15, -0.1) is 11.3 Å². The van der Waals surface area contributed by atoms with Gasteiger partial charge in [-0.25, -0.2) is 9.59 Å². The number of ether oxygens (including phenoxy) is 2. The van der Waals surface area contributed by atoms with Crippen LogP contribution in [0.5, 0.6) is 0 Å². The molecule has 0 aliphatic heterocycles. The number of methoxy groups -OCH3 is 1.